The van der Waals surface area contributed by atoms with Crippen LogP contribution in [0.1, 0.15) is 6.92 Å². The van der Waals surface area contributed by atoms with Crippen molar-refractivity contribution >= 4 is 5.69 Å². The largest absolute Gasteiger partial charge is 0.492 e. The molecular formula is C9H12N2O3. The van der Waals surface area contributed by atoms with Gasteiger partial charge in [-0.25, -0.2) is 0 Å². The zero-order chi connectivity index (χ0) is 10.6. The van der Waals surface area contributed by atoms with Gasteiger partial charge in [-0.1, -0.05) is 6.07 Å². The highest BCUT2D eigenvalue weighted by atomic mass is 16.6. The van der Waals surface area contributed by atoms with Crippen LogP contribution >= 0.6 is 0 Å². The van der Waals surface area contributed by atoms with E-state index in [1.807, 2.05) is 0 Å². The Hall–Kier alpha value is -1.62. The first-order chi connectivity index (χ1) is 6.59. The number of hydrogen-bond donors (Lipinski definition) is 1. The van der Waals surface area contributed by atoms with Gasteiger partial charge in [-0.3, -0.25) is 10.1 Å². The van der Waals surface area contributed by atoms with Crippen molar-refractivity contribution in [3.05, 3.63) is 34.4 Å². The van der Waals surface area contributed by atoms with E-state index in [9.17, 15) is 10.1 Å². The van der Waals surface area contributed by atoms with Crippen LogP contribution in [0.25, 0.3) is 0 Å². The van der Waals surface area contributed by atoms with E-state index < -0.39 is 4.92 Å². The molecule has 0 spiro atoms. The van der Waals surface area contributed by atoms with Crippen molar-refractivity contribution in [2.45, 2.75) is 13.0 Å². The predicted octanol–water partition coefficient (Wildman–Crippen LogP) is 1.32. The van der Waals surface area contributed by atoms with Gasteiger partial charge in [0.1, 0.15) is 12.4 Å². The molecule has 1 rings (SSSR count). The Labute approximate surface area is 81.6 Å². The first-order valence-corrected chi connectivity index (χ1v) is 4.22. The van der Waals surface area contributed by atoms with Crippen LogP contribution in [-0.4, -0.2) is 17.6 Å². The summed E-state index contributed by atoms with van der Waals surface area (Å²) in [5, 5.41) is 10.4. The Bertz CT molecular complexity index is 326. The number of ether oxygens (including phenoxy) is 1. The molecule has 5 nitrogen and oxygen atoms in total. The fourth-order valence-corrected chi connectivity index (χ4v) is 0.915. The summed E-state index contributed by atoms with van der Waals surface area (Å²) < 4.78 is 5.23. The molecule has 0 aliphatic carbocycles. The molecule has 1 aromatic rings. The van der Waals surface area contributed by atoms with Crippen LogP contribution in [0.4, 0.5) is 5.69 Å². The van der Waals surface area contributed by atoms with E-state index in [-0.39, 0.29) is 11.7 Å². The molecule has 0 radical (unpaired) electrons. The molecule has 0 saturated carbocycles. The summed E-state index contributed by atoms with van der Waals surface area (Å²) in [7, 11) is 0. The number of rotatable bonds is 4. The van der Waals surface area contributed by atoms with Crippen LogP contribution < -0.4 is 10.5 Å². The van der Waals surface area contributed by atoms with E-state index >= 15 is 0 Å². The summed E-state index contributed by atoms with van der Waals surface area (Å²) in [4.78, 5) is 9.96. The van der Waals surface area contributed by atoms with Gasteiger partial charge in [-0.15, -0.1) is 0 Å². The minimum atomic E-state index is -0.460. The number of nitro groups is 1. The number of non-ortho nitro benzene ring substituents is 1. The number of nitro benzene ring substituents is 1. The molecule has 14 heavy (non-hydrogen) atoms. The van der Waals surface area contributed by atoms with Crippen molar-refractivity contribution in [2.24, 2.45) is 5.73 Å². The second kappa shape index (κ2) is 4.57. The topological polar surface area (TPSA) is 78.4 Å². The van der Waals surface area contributed by atoms with Crippen molar-refractivity contribution < 1.29 is 9.66 Å². The highest BCUT2D eigenvalue weighted by Gasteiger charge is 2.06. The molecule has 1 aromatic carbocycles. The molecule has 1 unspecified atom stereocenters. The summed E-state index contributed by atoms with van der Waals surface area (Å²) in [6.45, 7) is 2.15. The van der Waals surface area contributed by atoms with Gasteiger partial charge in [0, 0.05) is 12.1 Å². The maximum absolute atomic E-state index is 10.4. The van der Waals surface area contributed by atoms with Gasteiger partial charge in [0.25, 0.3) is 5.69 Å². The third-order valence-electron chi connectivity index (χ3n) is 1.54. The molecular weight excluding hydrogens is 184 g/mol. The fourth-order valence-electron chi connectivity index (χ4n) is 0.915. The number of benzene rings is 1. The standard InChI is InChI=1S/C9H12N2O3/c1-7(10)6-14-9-4-2-3-8(5-9)11(12)13/h2-5,7H,6,10H2,1H3. The molecule has 0 aliphatic heterocycles. The SMILES string of the molecule is CC(N)COc1cccc([N+](=O)[O-])c1. The van der Waals surface area contributed by atoms with Gasteiger partial charge in [-0.2, -0.15) is 0 Å². The van der Waals surface area contributed by atoms with Gasteiger partial charge in [0.05, 0.1) is 11.0 Å². The summed E-state index contributed by atoms with van der Waals surface area (Å²) in [5.41, 5.74) is 5.50. The Balaban J connectivity index is 2.69. The fraction of sp³-hybridized carbons (Fsp3) is 0.333. The molecule has 0 amide bonds. The molecule has 0 bridgehead atoms. The smallest absolute Gasteiger partial charge is 0.273 e. The van der Waals surface area contributed by atoms with Crippen LogP contribution in [0, 0.1) is 10.1 Å². The maximum atomic E-state index is 10.4. The molecule has 0 aliphatic rings. The lowest BCUT2D eigenvalue weighted by atomic mass is 10.3. The second-order valence-corrected chi connectivity index (χ2v) is 3.04. The highest BCUT2D eigenvalue weighted by molar-refractivity contribution is 5.37. The normalized spacial score (nSPS) is 12.1. The third kappa shape index (κ3) is 3.02. The van der Waals surface area contributed by atoms with Crippen LogP contribution in [0.3, 0.4) is 0 Å². The summed E-state index contributed by atoms with van der Waals surface area (Å²) in [6.07, 6.45) is 0. The Morgan fingerprint density at radius 3 is 2.93 bits per heavy atom. The molecule has 76 valence electrons. The van der Waals surface area contributed by atoms with Gasteiger partial charge in [-0.05, 0) is 13.0 Å². The van der Waals surface area contributed by atoms with Gasteiger partial charge < -0.3 is 10.5 Å². The van der Waals surface area contributed by atoms with E-state index in [2.05, 4.69) is 0 Å². The minimum Gasteiger partial charge on any atom is -0.492 e. The van der Waals surface area contributed by atoms with Crippen LogP contribution in [0.5, 0.6) is 5.75 Å². The van der Waals surface area contributed by atoms with Gasteiger partial charge in [0.2, 0.25) is 0 Å². The molecule has 1 atom stereocenters. The minimum absolute atomic E-state index is 0.0205. The average Bonchev–Trinajstić information content (AvgIpc) is 2.15. The molecule has 0 heterocycles. The zero-order valence-corrected chi connectivity index (χ0v) is 7.84. The molecule has 5 heteroatoms. The van der Waals surface area contributed by atoms with Crippen molar-refractivity contribution in [1.29, 1.82) is 0 Å². The van der Waals surface area contributed by atoms with Crippen LogP contribution in [0.15, 0.2) is 24.3 Å². The monoisotopic (exact) mass is 196 g/mol. The Kier molecular flexibility index (Phi) is 3.41. The van der Waals surface area contributed by atoms with Gasteiger partial charge >= 0.3 is 0 Å². The number of nitrogens with two attached hydrogens (primary N) is 1. The number of hydrogen-bond acceptors (Lipinski definition) is 4. The van der Waals surface area contributed by atoms with Crippen LogP contribution in [-0.2, 0) is 0 Å². The lowest BCUT2D eigenvalue weighted by Crippen LogP contribution is -2.23. The van der Waals surface area contributed by atoms with E-state index in [1.54, 1.807) is 19.1 Å². The first kappa shape index (κ1) is 10.5. The third-order valence-corrected chi connectivity index (χ3v) is 1.54. The molecule has 0 fully saturated rings. The maximum Gasteiger partial charge on any atom is 0.273 e. The van der Waals surface area contributed by atoms with E-state index in [0.29, 0.717) is 12.4 Å². The lowest BCUT2D eigenvalue weighted by Gasteiger charge is -2.07. The molecule has 0 saturated heterocycles. The Morgan fingerprint density at radius 2 is 2.36 bits per heavy atom. The average molecular weight is 196 g/mol. The van der Waals surface area contributed by atoms with Crippen molar-refractivity contribution in [3.63, 3.8) is 0 Å². The Morgan fingerprint density at radius 1 is 1.64 bits per heavy atom. The van der Waals surface area contributed by atoms with Crippen LogP contribution in [0.2, 0.25) is 0 Å². The van der Waals surface area contributed by atoms with Crippen molar-refractivity contribution in [2.75, 3.05) is 6.61 Å². The van der Waals surface area contributed by atoms with Crippen molar-refractivity contribution in [1.82, 2.24) is 0 Å². The molecule has 2 N–H and O–H groups in total. The van der Waals surface area contributed by atoms with E-state index in [1.165, 1.54) is 12.1 Å². The summed E-state index contributed by atoms with van der Waals surface area (Å²) in [5.74, 6) is 0.469. The number of nitrogens with zero attached hydrogens (tertiary/aromatic N) is 1. The first-order valence-electron chi connectivity index (χ1n) is 4.22. The lowest BCUT2D eigenvalue weighted by molar-refractivity contribution is -0.384. The van der Waals surface area contributed by atoms with Crippen molar-refractivity contribution in [3.8, 4) is 5.75 Å². The second-order valence-electron chi connectivity index (χ2n) is 3.04. The predicted molar refractivity (Wildman–Crippen MR) is 52.2 cm³/mol. The highest BCUT2D eigenvalue weighted by Crippen LogP contribution is 2.18. The summed E-state index contributed by atoms with van der Waals surface area (Å²) in [6, 6.07) is 5.94. The molecule has 0 aromatic heterocycles. The summed E-state index contributed by atoms with van der Waals surface area (Å²) >= 11 is 0. The van der Waals surface area contributed by atoms with E-state index in [0.717, 1.165) is 0 Å². The quantitative estimate of drug-likeness (QED) is 0.581. The zero-order valence-electron chi connectivity index (χ0n) is 7.84. The van der Waals surface area contributed by atoms with Gasteiger partial charge in [0.15, 0.2) is 0 Å². The van der Waals surface area contributed by atoms with E-state index in [4.69, 9.17) is 10.5 Å².